The van der Waals surface area contributed by atoms with E-state index in [4.69, 9.17) is 11.6 Å². The van der Waals surface area contributed by atoms with Gasteiger partial charge in [0.25, 0.3) is 0 Å². The Bertz CT molecular complexity index is 1150. The van der Waals surface area contributed by atoms with Crippen molar-refractivity contribution in [3.05, 3.63) is 106 Å². The largest absolute Gasteiger partial charge is 0.352 e. The molecule has 196 valence electrons. The van der Waals surface area contributed by atoms with E-state index in [9.17, 15) is 14.0 Å². The van der Waals surface area contributed by atoms with E-state index in [1.54, 1.807) is 17.0 Å². The van der Waals surface area contributed by atoms with Crippen molar-refractivity contribution >= 4 is 35.2 Å². The molecule has 0 aliphatic rings. The van der Waals surface area contributed by atoms with Gasteiger partial charge in [-0.2, -0.15) is 0 Å². The van der Waals surface area contributed by atoms with Gasteiger partial charge in [-0.15, -0.1) is 11.8 Å². The van der Waals surface area contributed by atoms with Crippen LogP contribution in [0.2, 0.25) is 5.02 Å². The van der Waals surface area contributed by atoms with Crippen LogP contribution >= 0.6 is 23.4 Å². The highest BCUT2D eigenvalue weighted by Gasteiger charge is 2.31. The van der Waals surface area contributed by atoms with Crippen LogP contribution in [0, 0.1) is 12.7 Å². The molecule has 3 aromatic rings. The first-order chi connectivity index (χ1) is 17.8. The Morgan fingerprint density at radius 1 is 1.00 bits per heavy atom. The number of aryl methyl sites for hydroxylation is 1. The Labute approximate surface area is 228 Å². The zero-order chi connectivity index (χ0) is 26.8. The number of hydrogen-bond donors (Lipinski definition) is 1. The maximum Gasteiger partial charge on any atom is 0.243 e. The van der Waals surface area contributed by atoms with Crippen molar-refractivity contribution in [3.63, 3.8) is 0 Å². The van der Waals surface area contributed by atoms with Gasteiger partial charge in [0.1, 0.15) is 11.9 Å². The highest BCUT2D eigenvalue weighted by atomic mass is 35.5. The SMILES string of the molecule is CCC(C)NC(=O)C(Cc1ccccc1)N(Cc1ccc(C)cc1)C(=O)CSCc1c(F)cccc1Cl. The summed E-state index contributed by atoms with van der Waals surface area (Å²) in [5, 5.41) is 3.41. The van der Waals surface area contributed by atoms with E-state index in [-0.39, 0.29) is 35.2 Å². The molecule has 0 bridgehead atoms. The van der Waals surface area contributed by atoms with Gasteiger partial charge in [0.05, 0.1) is 5.75 Å². The summed E-state index contributed by atoms with van der Waals surface area (Å²) in [6, 6.07) is 21.5. The first-order valence-electron chi connectivity index (χ1n) is 12.5. The van der Waals surface area contributed by atoms with Crippen LogP contribution in [0.3, 0.4) is 0 Å². The lowest BCUT2D eigenvalue weighted by Crippen LogP contribution is -2.52. The van der Waals surface area contributed by atoms with Crippen molar-refractivity contribution in [1.82, 2.24) is 10.2 Å². The van der Waals surface area contributed by atoms with Gasteiger partial charge in [0.2, 0.25) is 11.8 Å². The molecule has 37 heavy (non-hydrogen) atoms. The maximum absolute atomic E-state index is 14.2. The number of nitrogens with zero attached hydrogens (tertiary/aromatic N) is 1. The summed E-state index contributed by atoms with van der Waals surface area (Å²) in [6.07, 6.45) is 1.18. The predicted molar refractivity (Wildman–Crippen MR) is 151 cm³/mol. The third-order valence-electron chi connectivity index (χ3n) is 6.28. The number of carbonyl (C=O) groups is 2. The van der Waals surface area contributed by atoms with Crippen molar-refractivity contribution in [2.45, 2.75) is 58.0 Å². The van der Waals surface area contributed by atoms with Crippen molar-refractivity contribution in [1.29, 1.82) is 0 Å². The number of rotatable bonds is 12. The first kappa shape index (κ1) is 28.7. The normalized spacial score (nSPS) is 12.6. The molecule has 7 heteroatoms. The van der Waals surface area contributed by atoms with Crippen LogP contribution in [0.5, 0.6) is 0 Å². The smallest absolute Gasteiger partial charge is 0.243 e. The summed E-state index contributed by atoms with van der Waals surface area (Å²) in [6.45, 7) is 6.27. The molecule has 3 aromatic carbocycles. The van der Waals surface area contributed by atoms with E-state index in [1.165, 1.54) is 17.8 Å². The maximum atomic E-state index is 14.2. The fourth-order valence-electron chi connectivity index (χ4n) is 3.88. The molecule has 2 atom stereocenters. The molecule has 0 fully saturated rings. The average molecular weight is 541 g/mol. The minimum Gasteiger partial charge on any atom is -0.352 e. The zero-order valence-corrected chi connectivity index (χ0v) is 23.1. The van der Waals surface area contributed by atoms with Crippen molar-refractivity contribution in [3.8, 4) is 0 Å². The number of carbonyl (C=O) groups excluding carboxylic acids is 2. The Hall–Kier alpha value is -2.83. The summed E-state index contributed by atoms with van der Waals surface area (Å²) in [5.74, 6) is -0.394. The van der Waals surface area contributed by atoms with Gasteiger partial charge in [0, 0.05) is 35.3 Å². The Balaban J connectivity index is 1.87. The molecule has 3 rings (SSSR count). The fraction of sp³-hybridized carbons (Fsp3) is 0.333. The van der Waals surface area contributed by atoms with Gasteiger partial charge >= 0.3 is 0 Å². The van der Waals surface area contributed by atoms with Crippen LogP contribution in [0.4, 0.5) is 4.39 Å². The van der Waals surface area contributed by atoms with Crippen molar-refractivity contribution < 1.29 is 14.0 Å². The van der Waals surface area contributed by atoms with E-state index >= 15 is 0 Å². The quantitative estimate of drug-likeness (QED) is 0.282. The molecule has 1 N–H and O–H groups in total. The number of nitrogens with one attached hydrogen (secondary N) is 1. The van der Waals surface area contributed by atoms with Gasteiger partial charge in [-0.3, -0.25) is 9.59 Å². The third kappa shape index (κ3) is 8.61. The van der Waals surface area contributed by atoms with Crippen LogP contribution in [0.1, 0.15) is 42.5 Å². The first-order valence-corrected chi connectivity index (χ1v) is 14.0. The lowest BCUT2D eigenvalue weighted by atomic mass is 10.0. The molecule has 0 aromatic heterocycles. The number of thioether (sulfide) groups is 1. The van der Waals surface area contributed by atoms with Crippen LogP contribution in [-0.2, 0) is 28.3 Å². The van der Waals surface area contributed by atoms with E-state index in [0.717, 1.165) is 23.1 Å². The van der Waals surface area contributed by atoms with E-state index in [1.807, 2.05) is 75.4 Å². The second-order valence-electron chi connectivity index (χ2n) is 9.22. The minimum absolute atomic E-state index is 0.0142. The molecule has 0 aliphatic heterocycles. The standard InChI is InChI=1S/C30H34ClFN2O2S/c1-4-22(3)33-30(36)28(17-23-9-6-5-7-10-23)34(18-24-15-13-21(2)14-16-24)29(35)20-37-19-25-26(31)11-8-12-27(25)32/h5-16,22,28H,4,17-20H2,1-3H3,(H,33,36). The lowest BCUT2D eigenvalue weighted by Gasteiger charge is -2.32. The number of benzene rings is 3. The van der Waals surface area contributed by atoms with Gasteiger partial charge < -0.3 is 10.2 Å². The number of halogens is 2. The topological polar surface area (TPSA) is 49.4 Å². The Morgan fingerprint density at radius 3 is 2.35 bits per heavy atom. The fourth-order valence-corrected chi connectivity index (χ4v) is 5.13. The van der Waals surface area contributed by atoms with E-state index < -0.39 is 6.04 Å². The Morgan fingerprint density at radius 2 is 1.70 bits per heavy atom. The summed E-state index contributed by atoms with van der Waals surface area (Å²) in [5.41, 5.74) is 3.41. The molecule has 2 amide bonds. The van der Waals surface area contributed by atoms with Gasteiger partial charge in [0.15, 0.2) is 0 Å². The summed E-state index contributed by atoms with van der Waals surface area (Å²) >= 11 is 7.46. The van der Waals surface area contributed by atoms with E-state index in [2.05, 4.69) is 5.32 Å². The molecule has 4 nitrogen and oxygen atoms in total. The van der Waals surface area contributed by atoms with Crippen LogP contribution in [-0.4, -0.2) is 34.6 Å². The van der Waals surface area contributed by atoms with Crippen molar-refractivity contribution in [2.24, 2.45) is 0 Å². The second-order valence-corrected chi connectivity index (χ2v) is 10.6. The third-order valence-corrected chi connectivity index (χ3v) is 7.58. The molecule has 2 unspecified atom stereocenters. The zero-order valence-electron chi connectivity index (χ0n) is 21.5. The molecule has 0 heterocycles. The van der Waals surface area contributed by atoms with Crippen LogP contribution < -0.4 is 5.32 Å². The minimum atomic E-state index is -0.692. The molecular weight excluding hydrogens is 507 g/mol. The Kier molecular flexibility index (Phi) is 11.0. The van der Waals surface area contributed by atoms with Crippen molar-refractivity contribution in [2.75, 3.05) is 5.75 Å². The molecule has 0 radical (unpaired) electrons. The molecule has 0 aliphatic carbocycles. The van der Waals surface area contributed by atoms with Gasteiger partial charge in [-0.25, -0.2) is 4.39 Å². The average Bonchev–Trinajstić information content (AvgIpc) is 2.89. The van der Waals surface area contributed by atoms with Crippen LogP contribution in [0.25, 0.3) is 0 Å². The molecule has 0 saturated heterocycles. The van der Waals surface area contributed by atoms with Gasteiger partial charge in [-0.05, 0) is 43.5 Å². The number of amides is 2. The van der Waals surface area contributed by atoms with Gasteiger partial charge in [-0.1, -0.05) is 84.8 Å². The summed E-state index contributed by atoms with van der Waals surface area (Å²) < 4.78 is 14.2. The highest BCUT2D eigenvalue weighted by Crippen LogP contribution is 2.25. The monoisotopic (exact) mass is 540 g/mol. The van der Waals surface area contributed by atoms with Crippen LogP contribution in [0.15, 0.2) is 72.8 Å². The summed E-state index contributed by atoms with van der Waals surface area (Å²) in [7, 11) is 0. The molecular formula is C30H34ClFN2O2S. The highest BCUT2D eigenvalue weighted by molar-refractivity contribution is 7.99. The molecule has 0 saturated carbocycles. The molecule has 0 spiro atoms. The van der Waals surface area contributed by atoms with E-state index in [0.29, 0.717) is 23.6 Å². The predicted octanol–water partition coefficient (Wildman–Crippen LogP) is 6.58. The lowest BCUT2D eigenvalue weighted by molar-refractivity contribution is -0.139. The summed E-state index contributed by atoms with van der Waals surface area (Å²) in [4.78, 5) is 28.8. The second kappa shape index (κ2) is 14.2. The number of hydrogen-bond acceptors (Lipinski definition) is 3.